The van der Waals surface area contributed by atoms with Gasteiger partial charge in [-0.05, 0) is 60.2 Å². The molecule has 5 rings (SSSR count). The average Bonchev–Trinajstić information content (AvgIpc) is 3.44. The molecule has 0 saturated heterocycles. The molecule has 0 amide bonds. The van der Waals surface area contributed by atoms with Crippen molar-refractivity contribution in [1.82, 2.24) is 0 Å². The number of rotatable bonds is 11. The average molecular weight is 693 g/mol. The van der Waals surface area contributed by atoms with Crippen LogP contribution in [0, 0.1) is 0 Å². The highest BCUT2D eigenvalue weighted by Gasteiger charge is 2.27. The molecule has 0 spiro atoms. The minimum atomic E-state index is -4.37. The summed E-state index contributed by atoms with van der Waals surface area (Å²) in [6.07, 6.45) is 4.88. The third-order valence-corrected chi connectivity index (χ3v) is 10.1. The third-order valence-electron chi connectivity index (χ3n) is 6.88. The molecule has 0 saturated carbocycles. The summed E-state index contributed by atoms with van der Waals surface area (Å²) in [5.41, 5.74) is 3.29. The second-order valence-electron chi connectivity index (χ2n) is 9.88. The summed E-state index contributed by atoms with van der Waals surface area (Å²) in [6, 6.07) is 17.6. The van der Waals surface area contributed by atoms with E-state index in [1.807, 2.05) is 83.1 Å². The van der Waals surface area contributed by atoms with Crippen LogP contribution in [0.15, 0.2) is 85.1 Å². The van der Waals surface area contributed by atoms with Gasteiger partial charge in [0.15, 0.2) is 6.54 Å². The molecule has 42 heavy (non-hydrogen) atoms. The first-order chi connectivity index (χ1) is 19.9. The van der Waals surface area contributed by atoms with Crippen LogP contribution >= 0.6 is 27.7 Å². The van der Waals surface area contributed by atoms with Crippen molar-refractivity contribution >= 4 is 81.6 Å². The van der Waals surface area contributed by atoms with E-state index in [4.69, 9.17) is 4.42 Å². The lowest BCUT2D eigenvalue weighted by atomic mass is 10.1. The Hall–Kier alpha value is -2.68. The first-order valence-corrected chi connectivity index (χ1v) is 18.1. The van der Waals surface area contributed by atoms with Crippen LogP contribution in [0.1, 0.15) is 32.1 Å². The van der Waals surface area contributed by atoms with E-state index < -0.39 is 31.7 Å². The van der Waals surface area contributed by atoms with E-state index in [2.05, 4.69) is 15.9 Å². The smallest absolute Gasteiger partial charge is 0.374 e. The Kier molecular flexibility index (Phi) is 9.16. The van der Waals surface area contributed by atoms with Crippen molar-refractivity contribution in [2.45, 2.75) is 37.6 Å². The van der Waals surface area contributed by atoms with Crippen LogP contribution in [-0.2, 0) is 26.8 Å². The molecule has 0 aliphatic carbocycles. The fraction of sp³-hybridized carbons (Fsp3) is 0.276. The summed E-state index contributed by atoms with van der Waals surface area (Å²) >= 11 is 5.06. The van der Waals surface area contributed by atoms with Gasteiger partial charge in [-0.15, -0.1) is 0 Å². The van der Waals surface area contributed by atoms with Crippen LogP contribution < -0.4 is 9.47 Å². The van der Waals surface area contributed by atoms with E-state index in [0.29, 0.717) is 24.4 Å². The zero-order valence-electron chi connectivity index (χ0n) is 22.7. The Labute approximate surface area is 257 Å². The largest absolute Gasteiger partial charge is 0.748 e. The second-order valence-corrected chi connectivity index (χ2v) is 14.9. The molecule has 0 fully saturated rings. The molecular weight excluding hydrogens is 664 g/mol. The van der Waals surface area contributed by atoms with Gasteiger partial charge in [0.2, 0.25) is 5.58 Å². The van der Waals surface area contributed by atoms with Crippen LogP contribution in [-0.4, -0.2) is 44.0 Å². The number of hydrogen-bond donors (Lipinski definition) is 0. The van der Waals surface area contributed by atoms with Gasteiger partial charge in [-0.2, -0.15) is 4.57 Å². The highest BCUT2D eigenvalue weighted by atomic mass is 79.9. The number of benzene rings is 3. The van der Waals surface area contributed by atoms with E-state index in [0.717, 1.165) is 41.9 Å². The van der Waals surface area contributed by atoms with Gasteiger partial charge in [0.25, 0.3) is 5.52 Å². The molecule has 0 unspecified atom stereocenters. The summed E-state index contributed by atoms with van der Waals surface area (Å²) in [4.78, 5) is 3.02. The van der Waals surface area contributed by atoms with E-state index in [1.54, 1.807) is 11.8 Å². The number of anilines is 1. The molecule has 222 valence electrons. The predicted molar refractivity (Wildman–Crippen MR) is 166 cm³/mol. The molecule has 2 heterocycles. The lowest BCUT2D eigenvalue weighted by Crippen LogP contribution is -2.36. The van der Waals surface area contributed by atoms with E-state index in [-0.39, 0.29) is 19.4 Å². The van der Waals surface area contributed by atoms with Crippen molar-refractivity contribution in [3.8, 4) is 0 Å². The van der Waals surface area contributed by atoms with Gasteiger partial charge in [0.1, 0.15) is 0 Å². The minimum absolute atomic E-state index is 0.133. The number of allylic oxidation sites excluding steroid dienone is 2. The van der Waals surface area contributed by atoms with Gasteiger partial charge < -0.3 is 18.4 Å². The fourth-order valence-electron chi connectivity index (χ4n) is 4.98. The van der Waals surface area contributed by atoms with Crippen LogP contribution in [0.3, 0.4) is 0 Å². The number of halogens is 1. The van der Waals surface area contributed by atoms with Gasteiger partial charge >= 0.3 is 5.89 Å². The standard InChI is InChI=1S/C29H29BrN2O7S3/c1-2-20(18-28-31(13-5-15-41(33,34)35)24-19-22(30)10-12-26(24)40-28)17-27-32(14-6-16-42(36,37)38)29-23-8-4-3-7-21(23)9-11-25(29)39-27/h3-4,7-12,17-19H,2,5-6,13-16H2,1H3,(H-,33,34,35,36,37,38)/p-1. The van der Waals surface area contributed by atoms with Crippen molar-refractivity contribution in [2.75, 3.05) is 23.0 Å². The molecule has 1 aliphatic rings. The molecule has 4 aromatic rings. The summed E-state index contributed by atoms with van der Waals surface area (Å²) < 4.78 is 76.9. The zero-order valence-corrected chi connectivity index (χ0v) is 26.7. The molecule has 0 bridgehead atoms. The Balaban J connectivity index is 1.56. The molecule has 13 heteroatoms. The molecule has 9 nitrogen and oxygen atoms in total. The number of aryl methyl sites for hydroxylation is 1. The number of hydrogen-bond acceptors (Lipinski definition) is 9. The number of aromatic nitrogens is 1. The molecule has 1 aromatic heterocycles. The molecular formula is C29H28BrN2O7S3-. The minimum Gasteiger partial charge on any atom is -0.748 e. The molecule has 3 aromatic carbocycles. The Morgan fingerprint density at radius 3 is 2.50 bits per heavy atom. The fourth-order valence-corrected chi connectivity index (χ4v) is 7.44. The third kappa shape index (κ3) is 7.26. The number of nitrogens with zero attached hydrogens (tertiary/aromatic N) is 2. The van der Waals surface area contributed by atoms with Crippen molar-refractivity contribution in [2.24, 2.45) is 0 Å². The summed E-state index contributed by atoms with van der Waals surface area (Å²) in [5, 5.41) is 2.84. The number of oxazole rings is 1. The van der Waals surface area contributed by atoms with Crippen molar-refractivity contribution in [3.63, 3.8) is 0 Å². The lowest BCUT2D eigenvalue weighted by molar-refractivity contribution is -0.677. The lowest BCUT2D eigenvalue weighted by Gasteiger charge is -2.21. The van der Waals surface area contributed by atoms with Crippen LogP contribution in [0.25, 0.3) is 27.9 Å². The quantitative estimate of drug-likeness (QED) is 0.142. The first-order valence-electron chi connectivity index (χ1n) is 13.3. The van der Waals surface area contributed by atoms with Crippen LogP contribution in [0.2, 0.25) is 0 Å². The first kappa shape index (κ1) is 30.8. The monoisotopic (exact) mass is 691 g/mol. The highest BCUT2D eigenvalue weighted by molar-refractivity contribution is 9.10. The van der Waals surface area contributed by atoms with Gasteiger partial charge in [-0.25, -0.2) is 16.8 Å². The molecule has 0 atom stereocenters. The van der Waals surface area contributed by atoms with E-state index >= 15 is 0 Å². The van der Waals surface area contributed by atoms with Crippen LogP contribution in [0.5, 0.6) is 0 Å². The Bertz CT molecular complexity index is 1930. The predicted octanol–water partition coefficient (Wildman–Crippen LogP) is 5.75. The van der Waals surface area contributed by atoms with E-state index in [1.165, 1.54) is 0 Å². The van der Waals surface area contributed by atoms with E-state index in [9.17, 15) is 25.9 Å². The second kappa shape index (κ2) is 12.5. The van der Waals surface area contributed by atoms with Crippen molar-refractivity contribution in [3.05, 3.63) is 81.6 Å². The summed E-state index contributed by atoms with van der Waals surface area (Å²) in [7, 11) is -8.70. The number of thioether (sulfide) groups is 1. The maximum Gasteiger partial charge on any atom is 0.374 e. The Morgan fingerprint density at radius 2 is 1.76 bits per heavy atom. The normalized spacial score (nSPS) is 15.3. The Morgan fingerprint density at radius 1 is 1.02 bits per heavy atom. The molecule has 0 N–H and O–H groups in total. The number of fused-ring (bicyclic) bond motifs is 4. The zero-order chi connectivity index (χ0) is 30.1. The molecule has 1 aliphatic heterocycles. The van der Waals surface area contributed by atoms with Gasteiger partial charge in [-0.3, -0.25) is 0 Å². The van der Waals surface area contributed by atoms with Gasteiger partial charge in [0.05, 0.1) is 42.4 Å². The molecule has 0 radical (unpaired) electrons. The highest BCUT2D eigenvalue weighted by Crippen LogP contribution is 2.47. The van der Waals surface area contributed by atoms with Crippen molar-refractivity contribution < 1.29 is 34.9 Å². The summed E-state index contributed by atoms with van der Waals surface area (Å²) in [6.45, 7) is 2.62. The van der Waals surface area contributed by atoms with Gasteiger partial charge in [-0.1, -0.05) is 58.9 Å². The van der Waals surface area contributed by atoms with Crippen LogP contribution in [0.4, 0.5) is 5.69 Å². The maximum atomic E-state index is 11.3. The van der Waals surface area contributed by atoms with Gasteiger partial charge in [0, 0.05) is 33.8 Å². The SMILES string of the molecule is CCC(/C=C1\Sc2ccc(Br)cc2N1CCCS(=O)(=O)[O-])=C\c1oc2ccc3ccccc3c2[n+]1CCCS(=O)(=O)[O-]. The topological polar surface area (TPSA) is 135 Å². The maximum absolute atomic E-state index is 11.3. The summed E-state index contributed by atoms with van der Waals surface area (Å²) in [5.74, 6) is -0.414. The van der Waals surface area contributed by atoms with Crippen molar-refractivity contribution in [1.29, 1.82) is 0 Å².